The molecule has 28 heavy (non-hydrogen) atoms. The van der Waals surface area contributed by atoms with Crippen LogP contribution >= 0.6 is 22.9 Å². The van der Waals surface area contributed by atoms with Crippen LogP contribution in [0.25, 0.3) is 10.6 Å². The van der Waals surface area contributed by atoms with Crippen LogP contribution in [0.1, 0.15) is 11.3 Å². The van der Waals surface area contributed by atoms with Crippen molar-refractivity contribution in [3.05, 3.63) is 70.2 Å². The molecule has 0 bridgehead atoms. The first-order valence-electron chi connectivity index (χ1n) is 8.72. The summed E-state index contributed by atoms with van der Waals surface area (Å²) in [6, 6.07) is 15.0. The number of carbonyl (C=O) groups is 2. The molecule has 2 amide bonds. The second-order valence-electron chi connectivity index (χ2n) is 6.46. The summed E-state index contributed by atoms with van der Waals surface area (Å²) in [5.74, 6) is -0.412. The van der Waals surface area contributed by atoms with Crippen molar-refractivity contribution in [2.45, 2.75) is 13.3 Å². The Bertz CT molecular complexity index is 985. The lowest BCUT2D eigenvalue weighted by Crippen LogP contribution is -2.35. The van der Waals surface area contributed by atoms with Crippen LogP contribution in [-0.4, -0.2) is 35.3 Å². The maximum absolute atomic E-state index is 12.4. The summed E-state index contributed by atoms with van der Waals surface area (Å²) in [5.41, 5.74) is 3.33. The lowest BCUT2D eigenvalue weighted by molar-refractivity contribution is -0.132. The highest BCUT2D eigenvalue weighted by Gasteiger charge is 2.16. The molecule has 0 spiro atoms. The van der Waals surface area contributed by atoms with Crippen molar-refractivity contribution in [1.29, 1.82) is 0 Å². The molecule has 3 rings (SSSR count). The number of anilines is 1. The molecular formula is C21H20ClN3O2S. The second-order valence-corrected chi connectivity index (χ2v) is 7.73. The number of carbonyl (C=O) groups excluding carboxylic acids is 2. The van der Waals surface area contributed by atoms with E-state index in [1.165, 1.54) is 16.2 Å². The maximum Gasteiger partial charge on any atom is 0.243 e. The Kier molecular flexibility index (Phi) is 6.44. The third-order valence-electron chi connectivity index (χ3n) is 4.13. The largest absolute Gasteiger partial charge is 0.336 e. The van der Waals surface area contributed by atoms with E-state index in [4.69, 9.17) is 11.6 Å². The summed E-state index contributed by atoms with van der Waals surface area (Å²) in [7, 11) is 1.61. The van der Waals surface area contributed by atoms with Crippen molar-refractivity contribution >= 4 is 40.4 Å². The maximum atomic E-state index is 12.4. The molecule has 0 unspecified atom stereocenters. The molecule has 0 aliphatic rings. The van der Waals surface area contributed by atoms with Crippen molar-refractivity contribution in [2.75, 3.05) is 18.9 Å². The first-order valence-corrected chi connectivity index (χ1v) is 9.98. The Balaban J connectivity index is 1.56. The summed E-state index contributed by atoms with van der Waals surface area (Å²) in [6.45, 7) is 1.96. The summed E-state index contributed by atoms with van der Waals surface area (Å²) in [4.78, 5) is 30.5. The molecule has 0 aliphatic carbocycles. The highest BCUT2D eigenvalue weighted by atomic mass is 35.5. The van der Waals surface area contributed by atoms with Crippen LogP contribution in [0, 0.1) is 6.92 Å². The van der Waals surface area contributed by atoms with Crippen molar-refractivity contribution in [3.8, 4) is 10.6 Å². The number of aryl methyl sites for hydroxylation is 1. The van der Waals surface area contributed by atoms with Gasteiger partial charge in [-0.25, -0.2) is 4.98 Å². The van der Waals surface area contributed by atoms with Crippen LogP contribution in [-0.2, 0) is 16.0 Å². The van der Waals surface area contributed by atoms with Gasteiger partial charge in [0.05, 0.1) is 23.7 Å². The molecule has 3 aromatic rings. The van der Waals surface area contributed by atoms with Gasteiger partial charge in [-0.1, -0.05) is 47.5 Å². The number of thiazole rings is 1. The minimum Gasteiger partial charge on any atom is -0.336 e. The van der Waals surface area contributed by atoms with Crippen LogP contribution in [0.5, 0.6) is 0 Å². The van der Waals surface area contributed by atoms with Crippen molar-refractivity contribution < 1.29 is 9.59 Å². The van der Waals surface area contributed by atoms with Gasteiger partial charge in [0.15, 0.2) is 0 Å². The molecule has 7 heteroatoms. The van der Waals surface area contributed by atoms with Gasteiger partial charge in [0.25, 0.3) is 0 Å². The minimum atomic E-state index is -0.241. The third-order valence-corrected chi connectivity index (χ3v) is 5.38. The zero-order chi connectivity index (χ0) is 20.1. The number of nitrogens with one attached hydrogen (secondary N) is 1. The normalized spacial score (nSPS) is 10.5. The number of rotatable bonds is 6. The topological polar surface area (TPSA) is 62.3 Å². The van der Waals surface area contributed by atoms with Crippen LogP contribution < -0.4 is 5.32 Å². The van der Waals surface area contributed by atoms with Gasteiger partial charge in [-0.05, 0) is 25.1 Å². The molecule has 5 nitrogen and oxygen atoms in total. The van der Waals surface area contributed by atoms with Crippen molar-refractivity contribution in [2.24, 2.45) is 0 Å². The lowest BCUT2D eigenvalue weighted by atomic mass is 10.2. The quantitative estimate of drug-likeness (QED) is 0.651. The Morgan fingerprint density at radius 2 is 1.86 bits per heavy atom. The van der Waals surface area contributed by atoms with E-state index in [-0.39, 0.29) is 24.8 Å². The Labute approximate surface area is 173 Å². The molecule has 2 aromatic carbocycles. The zero-order valence-corrected chi connectivity index (χ0v) is 17.2. The average molecular weight is 414 g/mol. The smallest absolute Gasteiger partial charge is 0.243 e. The van der Waals surface area contributed by atoms with Crippen molar-refractivity contribution in [3.63, 3.8) is 0 Å². The fraction of sp³-hybridized carbons (Fsp3) is 0.190. The van der Waals surface area contributed by atoms with Crippen molar-refractivity contribution in [1.82, 2.24) is 9.88 Å². The Morgan fingerprint density at radius 3 is 2.57 bits per heavy atom. The molecule has 1 aromatic heterocycles. The standard InChI is InChI=1S/C21H20ClN3O2S/c1-14-7-9-15(10-8-14)23-19(26)12-25(2)20(27)11-16-13-28-21(24-16)17-5-3-4-6-18(17)22/h3-10,13H,11-12H2,1-2H3,(H,23,26). The molecule has 0 radical (unpaired) electrons. The molecule has 0 fully saturated rings. The summed E-state index contributed by atoms with van der Waals surface area (Å²) >= 11 is 7.65. The number of halogens is 1. The van der Waals surface area contributed by atoms with Gasteiger partial charge in [-0.3, -0.25) is 9.59 Å². The van der Waals surface area contributed by atoms with Gasteiger partial charge in [-0.15, -0.1) is 11.3 Å². The van der Waals surface area contributed by atoms with Gasteiger partial charge < -0.3 is 10.2 Å². The molecule has 1 N–H and O–H groups in total. The summed E-state index contributed by atoms with van der Waals surface area (Å²) < 4.78 is 0. The molecule has 0 saturated carbocycles. The number of benzene rings is 2. The molecule has 0 atom stereocenters. The van der Waals surface area contributed by atoms with E-state index in [0.29, 0.717) is 16.4 Å². The van der Waals surface area contributed by atoms with Gasteiger partial charge in [0.1, 0.15) is 5.01 Å². The molecule has 0 aliphatic heterocycles. The molecule has 1 heterocycles. The van der Waals surface area contributed by atoms with Crippen LogP contribution in [0.3, 0.4) is 0 Å². The number of aromatic nitrogens is 1. The number of likely N-dealkylation sites (N-methyl/N-ethyl adjacent to an activating group) is 1. The number of amides is 2. The zero-order valence-electron chi connectivity index (χ0n) is 15.6. The predicted octanol–water partition coefficient (Wildman–Crippen LogP) is 4.41. The molecule has 144 valence electrons. The summed E-state index contributed by atoms with van der Waals surface area (Å²) in [6.07, 6.45) is 0.134. The molecule has 0 saturated heterocycles. The van der Waals surface area contributed by atoms with E-state index >= 15 is 0 Å². The third kappa shape index (κ3) is 5.18. The monoisotopic (exact) mass is 413 g/mol. The van der Waals surface area contributed by atoms with E-state index in [2.05, 4.69) is 10.3 Å². The number of nitrogens with zero attached hydrogens (tertiary/aromatic N) is 2. The highest BCUT2D eigenvalue weighted by molar-refractivity contribution is 7.13. The van der Waals surface area contributed by atoms with E-state index in [1.54, 1.807) is 7.05 Å². The minimum absolute atomic E-state index is 0.0196. The predicted molar refractivity (Wildman–Crippen MR) is 114 cm³/mol. The first-order chi connectivity index (χ1) is 13.4. The van der Waals surface area contributed by atoms with Gasteiger partial charge in [0, 0.05) is 23.7 Å². The van der Waals surface area contributed by atoms with Gasteiger partial charge >= 0.3 is 0 Å². The average Bonchev–Trinajstić information content (AvgIpc) is 3.12. The van der Waals surface area contributed by atoms with E-state index in [0.717, 1.165) is 16.1 Å². The Hall–Kier alpha value is -2.70. The molecular weight excluding hydrogens is 394 g/mol. The highest BCUT2D eigenvalue weighted by Crippen LogP contribution is 2.30. The number of hydrogen-bond donors (Lipinski definition) is 1. The van der Waals surface area contributed by atoms with Crippen LogP contribution in [0.15, 0.2) is 53.9 Å². The number of hydrogen-bond acceptors (Lipinski definition) is 4. The fourth-order valence-corrected chi connectivity index (χ4v) is 3.72. The van der Waals surface area contributed by atoms with E-state index in [1.807, 2.05) is 60.8 Å². The fourth-order valence-electron chi connectivity index (χ4n) is 2.58. The van der Waals surface area contributed by atoms with Crippen LogP contribution in [0.4, 0.5) is 5.69 Å². The SMILES string of the molecule is Cc1ccc(NC(=O)CN(C)C(=O)Cc2csc(-c3ccccc3Cl)n2)cc1. The first kappa shape index (κ1) is 20.0. The van der Waals surface area contributed by atoms with E-state index in [9.17, 15) is 9.59 Å². The van der Waals surface area contributed by atoms with Gasteiger partial charge in [-0.2, -0.15) is 0 Å². The van der Waals surface area contributed by atoms with E-state index < -0.39 is 0 Å². The summed E-state index contributed by atoms with van der Waals surface area (Å²) in [5, 5.41) is 6.03. The van der Waals surface area contributed by atoms with Crippen LogP contribution in [0.2, 0.25) is 5.02 Å². The Morgan fingerprint density at radius 1 is 1.14 bits per heavy atom. The second kappa shape index (κ2) is 8.99. The lowest BCUT2D eigenvalue weighted by Gasteiger charge is -2.16. The van der Waals surface area contributed by atoms with Gasteiger partial charge in [0.2, 0.25) is 11.8 Å².